The third kappa shape index (κ3) is 3.38. The molecule has 3 nitrogen and oxygen atoms in total. The van der Waals surface area contributed by atoms with Crippen molar-refractivity contribution < 1.29 is 15.3 Å². The van der Waals surface area contributed by atoms with Crippen LogP contribution in [0.25, 0.3) is 0 Å². The van der Waals surface area contributed by atoms with Gasteiger partial charge in [0.05, 0.1) is 7.18 Å². The Hall–Kier alpha value is -1.32. The van der Waals surface area contributed by atoms with E-state index in [-0.39, 0.29) is 13.9 Å². The lowest BCUT2D eigenvalue weighted by molar-refractivity contribution is -0.123. The molecule has 2 unspecified atom stereocenters. The van der Waals surface area contributed by atoms with Gasteiger partial charge in [-0.05, 0) is 30.4 Å². The molecule has 0 spiro atoms. The van der Waals surface area contributed by atoms with E-state index in [4.69, 9.17) is 4.74 Å². The Balaban J connectivity index is 0.000000711. The van der Waals surface area contributed by atoms with E-state index in [0.717, 1.165) is 11.7 Å². The van der Waals surface area contributed by atoms with Crippen molar-refractivity contribution in [3.05, 3.63) is 24.0 Å². The number of likely N-dealkylation sites (N-methyl/N-ethyl adjacent to an activating group) is 1. The highest BCUT2D eigenvalue weighted by Gasteiger charge is 2.35. The molecule has 2 aliphatic carbocycles. The van der Waals surface area contributed by atoms with Crippen molar-refractivity contribution in [1.29, 1.82) is 0 Å². The SMILES string of the molecule is CF.CNC(=O)COC1=CC2CC2C=C1.[HH]. The average molecular weight is 215 g/mol. The van der Waals surface area contributed by atoms with Crippen LogP contribution in [0.3, 0.4) is 0 Å². The number of hydrogen-bond donors (Lipinski definition) is 1. The van der Waals surface area contributed by atoms with Crippen molar-refractivity contribution in [1.82, 2.24) is 5.32 Å². The molecule has 0 saturated heterocycles. The summed E-state index contributed by atoms with van der Waals surface area (Å²) >= 11 is 0. The summed E-state index contributed by atoms with van der Waals surface area (Å²) in [4.78, 5) is 10.9. The van der Waals surface area contributed by atoms with Gasteiger partial charge in [0, 0.05) is 8.47 Å². The Morgan fingerprint density at radius 1 is 1.67 bits per heavy atom. The van der Waals surface area contributed by atoms with E-state index in [9.17, 15) is 9.18 Å². The molecular weight excluding hydrogens is 197 g/mol. The predicted octanol–water partition coefficient (Wildman–Crippen LogP) is 1.67. The van der Waals surface area contributed by atoms with E-state index < -0.39 is 0 Å². The van der Waals surface area contributed by atoms with Gasteiger partial charge in [0.15, 0.2) is 6.61 Å². The van der Waals surface area contributed by atoms with Crippen LogP contribution in [0.2, 0.25) is 0 Å². The smallest absolute Gasteiger partial charge is 0.257 e. The number of nitrogens with one attached hydrogen (secondary N) is 1. The normalized spacial score (nSPS) is 25.4. The van der Waals surface area contributed by atoms with Crippen LogP contribution < -0.4 is 5.32 Å². The van der Waals surface area contributed by atoms with E-state index in [1.807, 2.05) is 6.08 Å². The number of ether oxygens (including phenoxy) is 1. The number of fused-ring (bicyclic) bond motifs is 1. The second-order valence-corrected chi connectivity index (χ2v) is 3.45. The molecule has 0 aromatic rings. The van der Waals surface area contributed by atoms with Crippen molar-refractivity contribution in [2.24, 2.45) is 11.8 Å². The molecular formula is C11H18FNO2. The highest BCUT2D eigenvalue weighted by atomic mass is 19.1. The van der Waals surface area contributed by atoms with Crippen LogP contribution in [-0.2, 0) is 9.53 Å². The van der Waals surface area contributed by atoms with Crippen LogP contribution in [0.5, 0.6) is 0 Å². The molecule has 0 aromatic carbocycles. The highest BCUT2D eigenvalue weighted by molar-refractivity contribution is 5.76. The predicted molar refractivity (Wildman–Crippen MR) is 58.0 cm³/mol. The fraction of sp³-hybridized carbons (Fsp3) is 0.545. The minimum absolute atomic E-state index is 0. The summed E-state index contributed by atoms with van der Waals surface area (Å²) in [6, 6.07) is 0. The number of halogens is 1. The Kier molecular flexibility index (Phi) is 4.34. The Labute approximate surface area is 90.5 Å². The maximum absolute atomic E-state index is 10.9. The maximum atomic E-state index is 10.9. The van der Waals surface area contributed by atoms with Gasteiger partial charge in [0.2, 0.25) is 0 Å². The van der Waals surface area contributed by atoms with E-state index in [1.54, 1.807) is 7.05 Å². The molecule has 4 heteroatoms. The zero-order valence-corrected chi connectivity index (χ0v) is 9.00. The second kappa shape index (κ2) is 5.53. The molecule has 2 aliphatic rings. The first kappa shape index (κ1) is 11.8. The van der Waals surface area contributed by atoms with Crippen molar-refractivity contribution in [2.75, 3.05) is 20.8 Å². The molecule has 1 N–H and O–H groups in total. The molecule has 2 rings (SSSR count). The van der Waals surface area contributed by atoms with Gasteiger partial charge >= 0.3 is 0 Å². The fourth-order valence-electron chi connectivity index (χ4n) is 1.45. The molecule has 0 aliphatic heterocycles. The summed E-state index contributed by atoms with van der Waals surface area (Å²) in [7, 11) is 2.10. The van der Waals surface area contributed by atoms with Crippen molar-refractivity contribution >= 4 is 5.91 Å². The summed E-state index contributed by atoms with van der Waals surface area (Å²) in [6.07, 6.45) is 7.46. The Morgan fingerprint density at radius 3 is 3.00 bits per heavy atom. The molecule has 1 fully saturated rings. The lowest BCUT2D eigenvalue weighted by Crippen LogP contribution is -2.23. The zero-order chi connectivity index (χ0) is 11.3. The summed E-state index contributed by atoms with van der Waals surface area (Å²) in [5.74, 6) is 2.16. The van der Waals surface area contributed by atoms with Crippen molar-refractivity contribution in [3.63, 3.8) is 0 Å². The van der Waals surface area contributed by atoms with Crippen LogP contribution >= 0.6 is 0 Å². The Morgan fingerprint density at radius 2 is 2.40 bits per heavy atom. The van der Waals surface area contributed by atoms with Crippen LogP contribution in [0.4, 0.5) is 4.39 Å². The quantitative estimate of drug-likeness (QED) is 0.777. The van der Waals surface area contributed by atoms with Crippen molar-refractivity contribution in [3.8, 4) is 0 Å². The first-order chi connectivity index (χ1) is 7.29. The molecule has 0 aromatic heterocycles. The van der Waals surface area contributed by atoms with Gasteiger partial charge in [-0.25, -0.2) is 0 Å². The molecule has 15 heavy (non-hydrogen) atoms. The minimum atomic E-state index is -0.0905. The number of alkyl halides is 1. The van der Waals surface area contributed by atoms with Crippen LogP contribution in [0, 0.1) is 11.8 Å². The van der Waals surface area contributed by atoms with Crippen molar-refractivity contribution in [2.45, 2.75) is 6.42 Å². The number of hydrogen-bond acceptors (Lipinski definition) is 2. The highest BCUT2D eigenvalue weighted by Crippen LogP contribution is 2.44. The number of amides is 1. The minimum Gasteiger partial charge on any atom is -0.484 e. The van der Waals surface area contributed by atoms with Crippen LogP contribution in [0.15, 0.2) is 24.0 Å². The average Bonchev–Trinajstić information content (AvgIpc) is 3.06. The van der Waals surface area contributed by atoms with E-state index in [1.165, 1.54) is 6.42 Å². The van der Waals surface area contributed by atoms with Gasteiger partial charge in [-0.2, -0.15) is 0 Å². The van der Waals surface area contributed by atoms with Crippen LogP contribution in [-0.4, -0.2) is 26.7 Å². The summed E-state index contributed by atoms with van der Waals surface area (Å²) < 4.78 is 14.8. The number of carbonyl (C=O) groups is 1. The lowest BCUT2D eigenvalue weighted by Gasteiger charge is -2.08. The molecule has 0 heterocycles. The van der Waals surface area contributed by atoms with Gasteiger partial charge in [0.25, 0.3) is 5.91 Å². The van der Waals surface area contributed by atoms with Gasteiger partial charge in [-0.1, -0.05) is 6.08 Å². The zero-order valence-electron chi connectivity index (χ0n) is 9.00. The standard InChI is InChI=1S/C10H13NO2.CH3F.H2/c1-11-10(12)6-13-9-3-2-7-4-8(7)5-9;1-2;/h2-3,5,7-8H,4,6H2,1H3,(H,11,12);1H3;1H. The number of allylic oxidation sites excluding steroid dienone is 3. The molecule has 0 radical (unpaired) electrons. The van der Waals surface area contributed by atoms with Gasteiger partial charge < -0.3 is 10.1 Å². The fourth-order valence-corrected chi connectivity index (χ4v) is 1.45. The van der Waals surface area contributed by atoms with Gasteiger partial charge in [-0.3, -0.25) is 9.18 Å². The summed E-state index contributed by atoms with van der Waals surface area (Å²) in [6.45, 7) is 0.115. The maximum Gasteiger partial charge on any atom is 0.257 e. The van der Waals surface area contributed by atoms with Gasteiger partial charge in [0.1, 0.15) is 5.76 Å². The third-order valence-corrected chi connectivity index (χ3v) is 2.43. The largest absolute Gasteiger partial charge is 0.484 e. The second-order valence-electron chi connectivity index (χ2n) is 3.45. The molecule has 0 bridgehead atoms. The first-order valence-electron chi connectivity index (χ1n) is 4.91. The Bertz CT molecular complexity index is 292. The first-order valence-corrected chi connectivity index (χ1v) is 4.91. The summed E-state index contributed by atoms with van der Waals surface area (Å²) in [5, 5.41) is 2.51. The molecule has 2 atom stereocenters. The lowest BCUT2D eigenvalue weighted by atomic mass is 10.2. The van der Waals surface area contributed by atoms with E-state index >= 15 is 0 Å². The molecule has 86 valence electrons. The monoisotopic (exact) mass is 215 g/mol. The topological polar surface area (TPSA) is 38.3 Å². The van der Waals surface area contributed by atoms with E-state index in [0.29, 0.717) is 13.1 Å². The van der Waals surface area contributed by atoms with E-state index in [2.05, 4.69) is 17.5 Å². The summed E-state index contributed by atoms with van der Waals surface area (Å²) in [5.41, 5.74) is 0. The van der Waals surface area contributed by atoms with Crippen LogP contribution in [0.1, 0.15) is 7.85 Å². The molecule has 1 saturated carbocycles. The number of rotatable bonds is 3. The van der Waals surface area contributed by atoms with Gasteiger partial charge in [-0.15, -0.1) is 0 Å². The number of carbonyl (C=O) groups excluding carboxylic acids is 1. The molecule has 1 amide bonds. The third-order valence-electron chi connectivity index (χ3n) is 2.43.